The molecule has 1 fully saturated rings. The number of anilines is 3. The van der Waals surface area contributed by atoms with Gasteiger partial charge in [-0.3, -0.25) is 4.79 Å². The van der Waals surface area contributed by atoms with Gasteiger partial charge in [-0.05, 0) is 63.4 Å². The van der Waals surface area contributed by atoms with E-state index in [9.17, 15) is 9.59 Å². The molecule has 0 radical (unpaired) electrons. The van der Waals surface area contributed by atoms with Crippen molar-refractivity contribution in [2.24, 2.45) is 0 Å². The van der Waals surface area contributed by atoms with E-state index in [1.165, 1.54) is 7.11 Å². The van der Waals surface area contributed by atoms with Gasteiger partial charge in [0.2, 0.25) is 0 Å². The summed E-state index contributed by atoms with van der Waals surface area (Å²) in [4.78, 5) is 33.9. The molecule has 31 heavy (non-hydrogen) atoms. The number of hydrogen-bond acceptors (Lipinski definition) is 6. The zero-order valence-electron chi connectivity index (χ0n) is 18.9. The minimum atomic E-state index is -0.410. The number of pyridine rings is 1. The van der Waals surface area contributed by atoms with Crippen LogP contribution in [0.4, 0.5) is 17.2 Å². The van der Waals surface area contributed by atoms with Crippen molar-refractivity contribution < 1.29 is 14.3 Å². The van der Waals surface area contributed by atoms with E-state index in [1.54, 1.807) is 24.3 Å². The lowest BCUT2D eigenvalue weighted by atomic mass is 10.2. The maximum atomic E-state index is 13.1. The molecular weight excluding hydrogens is 392 g/mol. The molecule has 3 rings (SSSR count). The van der Waals surface area contributed by atoms with Crippen molar-refractivity contribution in [1.29, 1.82) is 0 Å². The summed E-state index contributed by atoms with van der Waals surface area (Å²) in [6, 6.07) is 10.9. The van der Waals surface area contributed by atoms with E-state index in [2.05, 4.69) is 42.0 Å². The van der Waals surface area contributed by atoms with Crippen molar-refractivity contribution in [3.05, 3.63) is 47.7 Å². The molecular formula is C24H32N4O3. The van der Waals surface area contributed by atoms with Crippen LogP contribution in [0, 0.1) is 0 Å². The van der Waals surface area contributed by atoms with E-state index in [0.29, 0.717) is 16.9 Å². The number of hydrogen-bond donors (Lipinski definition) is 1. The molecule has 0 atom stereocenters. The highest BCUT2D eigenvalue weighted by atomic mass is 16.5. The Hall–Kier alpha value is -3.09. The van der Waals surface area contributed by atoms with Crippen LogP contribution in [0.1, 0.15) is 60.9 Å². The summed E-state index contributed by atoms with van der Waals surface area (Å²) in [5, 5.41) is 2.90. The van der Waals surface area contributed by atoms with Crippen LogP contribution in [0.25, 0.3) is 0 Å². The number of rotatable bonds is 8. The van der Waals surface area contributed by atoms with Gasteiger partial charge in [0, 0.05) is 43.1 Å². The van der Waals surface area contributed by atoms with Crippen LogP contribution < -0.4 is 15.1 Å². The molecule has 7 heteroatoms. The molecule has 1 amide bonds. The van der Waals surface area contributed by atoms with Gasteiger partial charge in [0.1, 0.15) is 11.5 Å². The van der Waals surface area contributed by atoms with Gasteiger partial charge in [0.05, 0.1) is 12.7 Å². The lowest BCUT2D eigenvalue weighted by molar-refractivity contribution is 0.0600. The van der Waals surface area contributed by atoms with Gasteiger partial charge in [0.15, 0.2) is 0 Å². The zero-order chi connectivity index (χ0) is 22.4. The Kier molecular flexibility index (Phi) is 7.50. The highest BCUT2D eigenvalue weighted by molar-refractivity contribution is 6.04. The monoisotopic (exact) mass is 424 g/mol. The Bertz CT molecular complexity index is 906. The average molecular weight is 425 g/mol. The lowest BCUT2D eigenvalue weighted by Crippen LogP contribution is -2.33. The standard InChI is InChI=1S/C24H32N4O3/c1-5-12-28(17(2)3)22-16-20(27-13-6-7-14-27)15-21(26-22)23(29)25-19-10-8-18(9-11-19)24(30)31-4/h8-11,15-17H,5-7,12-14H2,1-4H3,(H,25,29). The summed E-state index contributed by atoms with van der Waals surface area (Å²) in [5.41, 5.74) is 2.46. The fraction of sp³-hybridized carbons (Fsp3) is 0.458. The second-order valence-electron chi connectivity index (χ2n) is 8.07. The number of esters is 1. The largest absolute Gasteiger partial charge is 0.465 e. The van der Waals surface area contributed by atoms with E-state index >= 15 is 0 Å². The highest BCUT2D eigenvalue weighted by Crippen LogP contribution is 2.27. The molecule has 1 aromatic carbocycles. The fourth-order valence-corrected chi connectivity index (χ4v) is 3.80. The molecule has 0 spiro atoms. The SMILES string of the molecule is CCCN(c1cc(N2CCCC2)cc(C(=O)Nc2ccc(C(=O)OC)cc2)n1)C(C)C. The van der Waals surface area contributed by atoms with Crippen molar-refractivity contribution in [3.8, 4) is 0 Å². The lowest BCUT2D eigenvalue weighted by Gasteiger charge is -2.29. The van der Waals surface area contributed by atoms with Crippen LogP contribution in [0.2, 0.25) is 0 Å². The Balaban J connectivity index is 1.89. The Morgan fingerprint density at radius 2 is 1.84 bits per heavy atom. The van der Waals surface area contributed by atoms with Crippen molar-refractivity contribution in [2.75, 3.05) is 41.9 Å². The Labute approximate surface area is 184 Å². The molecule has 0 aliphatic carbocycles. The van der Waals surface area contributed by atoms with E-state index in [-0.39, 0.29) is 11.9 Å². The smallest absolute Gasteiger partial charge is 0.337 e. The van der Waals surface area contributed by atoms with Crippen LogP contribution in [0.3, 0.4) is 0 Å². The van der Waals surface area contributed by atoms with E-state index in [1.807, 2.05) is 6.07 Å². The fourth-order valence-electron chi connectivity index (χ4n) is 3.80. The normalized spacial score (nSPS) is 13.4. The molecule has 1 aromatic heterocycles. The average Bonchev–Trinajstić information content (AvgIpc) is 3.32. The molecule has 7 nitrogen and oxygen atoms in total. The molecule has 1 aliphatic heterocycles. The first-order chi connectivity index (χ1) is 14.9. The quantitative estimate of drug-likeness (QED) is 0.635. The number of nitrogens with one attached hydrogen (secondary N) is 1. The summed E-state index contributed by atoms with van der Waals surface area (Å²) in [6.45, 7) is 9.30. The Morgan fingerprint density at radius 3 is 2.42 bits per heavy atom. The summed E-state index contributed by atoms with van der Waals surface area (Å²) in [6.07, 6.45) is 3.32. The van der Waals surface area contributed by atoms with E-state index < -0.39 is 5.97 Å². The van der Waals surface area contributed by atoms with Gasteiger partial charge in [-0.15, -0.1) is 0 Å². The van der Waals surface area contributed by atoms with Gasteiger partial charge in [0.25, 0.3) is 5.91 Å². The summed E-state index contributed by atoms with van der Waals surface area (Å²) < 4.78 is 4.72. The van der Waals surface area contributed by atoms with E-state index in [4.69, 9.17) is 9.72 Å². The molecule has 1 saturated heterocycles. The molecule has 0 bridgehead atoms. The predicted octanol–water partition coefficient (Wildman–Crippen LogP) is 4.35. The van der Waals surface area contributed by atoms with Gasteiger partial charge in [-0.2, -0.15) is 0 Å². The van der Waals surface area contributed by atoms with E-state index in [0.717, 1.165) is 50.4 Å². The molecule has 0 unspecified atom stereocenters. The van der Waals surface area contributed by atoms with Crippen LogP contribution in [0.5, 0.6) is 0 Å². The molecule has 166 valence electrons. The first-order valence-corrected chi connectivity index (χ1v) is 11.0. The van der Waals surface area contributed by atoms with Gasteiger partial charge in [-0.25, -0.2) is 9.78 Å². The maximum absolute atomic E-state index is 13.1. The number of ether oxygens (including phenoxy) is 1. The minimum absolute atomic E-state index is 0.270. The van der Waals surface area contributed by atoms with Crippen molar-refractivity contribution in [2.45, 2.75) is 46.1 Å². The second-order valence-corrected chi connectivity index (χ2v) is 8.07. The number of carbonyl (C=O) groups is 2. The predicted molar refractivity (Wildman–Crippen MR) is 124 cm³/mol. The highest BCUT2D eigenvalue weighted by Gasteiger charge is 2.20. The number of methoxy groups -OCH3 is 1. The van der Waals surface area contributed by atoms with Gasteiger partial charge >= 0.3 is 5.97 Å². The van der Waals surface area contributed by atoms with Crippen LogP contribution in [0.15, 0.2) is 36.4 Å². The third-order valence-corrected chi connectivity index (χ3v) is 5.45. The third kappa shape index (κ3) is 5.54. The molecule has 1 aliphatic rings. The topological polar surface area (TPSA) is 74.8 Å². The number of nitrogens with zero attached hydrogens (tertiary/aromatic N) is 3. The number of carbonyl (C=O) groups excluding carboxylic acids is 2. The zero-order valence-corrected chi connectivity index (χ0v) is 18.9. The molecule has 2 aromatic rings. The second kappa shape index (κ2) is 10.3. The number of aromatic nitrogens is 1. The van der Waals surface area contributed by atoms with Gasteiger partial charge < -0.3 is 19.9 Å². The summed E-state index contributed by atoms with van der Waals surface area (Å²) in [7, 11) is 1.34. The molecule has 1 N–H and O–H groups in total. The van der Waals surface area contributed by atoms with Gasteiger partial charge in [-0.1, -0.05) is 6.92 Å². The first kappa shape index (κ1) is 22.6. The van der Waals surface area contributed by atoms with Crippen molar-refractivity contribution >= 4 is 29.1 Å². The minimum Gasteiger partial charge on any atom is -0.465 e. The van der Waals surface area contributed by atoms with Crippen molar-refractivity contribution in [3.63, 3.8) is 0 Å². The molecule has 2 heterocycles. The molecule has 0 saturated carbocycles. The number of benzene rings is 1. The third-order valence-electron chi connectivity index (χ3n) is 5.45. The summed E-state index contributed by atoms with van der Waals surface area (Å²) >= 11 is 0. The van der Waals surface area contributed by atoms with Crippen molar-refractivity contribution in [1.82, 2.24) is 4.98 Å². The first-order valence-electron chi connectivity index (χ1n) is 11.0. The van der Waals surface area contributed by atoms with Crippen LogP contribution in [-0.4, -0.2) is 49.6 Å². The van der Waals surface area contributed by atoms with Crippen LogP contribution in [-0.2, 0) is 4.74 Å². The maximum Gasteiger partial charge on any atom is 0.337 e. The summed E-state index contributed by atoms with van der Waals surface area (Å²) in [5.74, 6) is 0.146. The number of amides is 1. The Morgan fingerprint density at radius 1 is 1.16 bits per heavy atom. The van der Waals surface area contributed by atoms with Crippen LogP contribution >= 0.6 is 0 Å².